The van der Waals surface area contributed by atoms with Gasteiger partial charge in [-0.15, -0.1) is 0 Å². The monoisotopic (exact) mass is 293 g/mol. The summed E-state index contributed by atoms with van der Waals surface area (Å²) in [6.07, 6.45) is 3.47. The summed E-state index contributed by atoms with van der Waals surface area (Å²) in [6, 6.07) is 8.40. The van der Waals surface area contributed by atoms with Gasteiger partial charge in [0.1, 0.15) is 17.6 Å². The Hall–Kier alpha value is -1.00. The first-order chi connectivity index (χ1) is 9.56. The lowest BCUT2D eigenvalue weighted by atomic mass is 9.89. The number of ketones is 1. The number of hydrogen-bond acceptors (Lipinski definition) is 4. The van der Waals surface area contributed by atoms with Gasteiger partial charge < -0.3 is 10.1 Å². The average Bonchev–Trinajstić information content (AvgIpc) is 2.37. The zero-order valence-corrected chi connectivity index (χ0v) is 13.0. The third-order valence-corrected chi connectivity index (χ3v) is 3.74. The minimum atomic E-state index is 0.233. The van der Waals surface area contributed by atoms with E-state index in [9.17, 15) is 4.79 Å². The molecule has 3 nitrogen and oxygen atoms in total. The number of nitrogens with one attached hydrogen (secondary N) is 1. The zero-order chi connectivity index (χ0) is 14.5. The third-order valence-electron chi connectivity index (χ3n) is 3.59. The fourth-order valence-electron chi connectivity index (χ4n) is 2.37. The molecular formula is C16H23NO2S. The first kappa shape index (κ1) is 15.4. The largest absolute Gasteiger partial charge is 0.490 e. The van der Waals surface area contributed by atoms with Crippen molar-refractivity contribution in [3.63, 3.8) is 0 Å². The van der Waals surface area contributed by atoms with Crippen molar-refractivity contribution < 1.29 is 9.53 Å². The summed E-state index contributed by atoms with van der Waals surface area (Å²) in [5.74, 6) is 1.16. The van der Waals surface area contributed by atoms with Gasteiger partial charge >= 0.3 is 0 Å². The van der Waals surface area contributed by atoms with Crippen LogP contribution in [0.25, 0.3) is 0 Å². The van der Waals surface area contributed by atoms with Gasteiger partial charge in [0.05, 0.1) is 0 Å². The van der Waals surface area contributed by atoms with E-state index in [2.05, 4.69) is 17.9 Å². The van der Waals surface area contributed by atoms with Crippen LogP contribution in [0.15, 0.2) is 24.3 Å². The van der Waals surface area contributed by atoms with Gasteiger partial charge in [0.2, 0.25) is 0 Å². The SMILES string of the molecule is CCC(=O)Cc1ccc(O[C@H]2C[C@H](NC(C)S)C2)cc1. The van der Waals surface area contributed by atoms with Crippen LogP contribution in [0.3, 0.4) is 0 Å². The van der Waals surface area contributed by atoms with Gasteiger partial charge in [0, 0.05) is 24.3 Å². The van der Waals surface area contributed by atoms with Gasteiger partial charge in [0.25, 0.3) is 0 Å². The molecule has 0 aliphatic heterocycles. The molecule has 0 heterocycles. The van der Waals surface area contributed by atoms with Crippen molar-refractivity contribution in [2.24, 2.45) is 0 Å². The fourth-order valence-corrected chi connectivity index (χ4v) is 2.58. The van der Waals surface area contributed by atoms with Crippen molar-refractivity contribution in [3.05, 3.63) is 29.8 Å². The van der Waals surface area contributed by atoms with Crippen LogP contribution in [0.2, 0.25) is 0 Å². The maximum absolute atomic E-state index is 11.4. The first-order valence-corrected chi connectivity index (χ1v) is 7.80. The van der Waals surface area contributed by atoms with Crippen LogP contribution in [-0.2, 0) is 11.2 Å². The summed E-state index contributed by atoms with van der Waals surface area (Å²) in [5.41, 5.74) is 1.06. The molecule has 1 aliphatic carbocycles. The van der Waals surface area contributed by atoms with E-state index in [0.29, 0.717) is 25.0 Å². The van der Waals surface area contributed by atoms with Gasteiger partial charge in [-0.1, -0.05) is 19.1 Å². The summed E-state index contributed by atoms with van der Waals surface area (Å²) < 4.78 is 5.90. The van der Waals surface area contributed by atoms with E-state index in [0.717, 1.165) is 24.2 Å². The van der Waals surface area contributed by atoms with Crippen LogP contribution >= 0.6 is 12.6 Å². The molecule has 110 valence electrons. The molecule has 0 bridgehead atoms. The highest BCUT2D eigenvalue weighted by atomic mass is 32.1. The van der Waals surface area contributed by atoms with Crippen LogP contribution in [0.4, 0.5) is 0 Å². The second kappa shape index (κ2) is 7.14. The summed E-state index contributed by atoms with van der Waals surface area (Å²) in [7, 11) is 0. The highest BCUT2D eigenvalue weighted by molar-refractivity contribution is 7.80. The third kappa shape index (κ3) is 4.53. The van der Waals surface area contributed by atoms with E-state index in [1.807, 2.05) is 38.1 Å². The predicted octanol–water partition coefficient (Wildman–Crippen LogP) is 2.98. The molecule has 1 aliphatic rings. The molecule has 1 unspecified atom stereocenters. The predicted molar refractivity (Wildman–Crippen MR) is 84.5 cm³/mol. The Morgan fingerprint density at radius 2 is 2.05 bits per heavy atom. The number of carbonyl (C=O) groups is 1. The molecular weight excluding hydrogens is 270 g/mol. The van der Waals surface area contributed by atoms with Crippen molar-refractivity contribution in [2.45, 2.75) is 57.1 Å². The Labute approximate surface area is 126 Å². The second-order valence-electron chi connectivity index (χ2n) is 5.46. The van der Waals surface area contributed by atoms with E-state index in [1.54, 1.807) is 0 Å². The van der Waals surface area contributed by atoms with E-state index >= 15 is 0 Å². The number of benzene rings is 1. The van der Waals surface area contributed by atoms with Crippen LogP contribution in [0.5, 0.6) is 5.75 Å². The number of thiol groups is 1. The van der Waals surface area contributed by atoms with Gasteiger partial charge in [-0.2, -0.15) is 12.6 Å². The number of Topliss-reactive ketones (excluding diaryl/α,β-unsaturated/α-hetero) is 1. The standard InChI is InChI=1S/C16H23NO2S/c1-3-14(18)8-12-4-6-15(7-5-12)19-16-9-13(10-16)17-11(2)20/h4-7,11,13,16-17,20H,3,8-10H2,1-2H3/t11?,13-,16-. The van der Waals surface area contributed by atoms with Crippen molar-refractivity contribution in [1.29, 1.82) is 0 Å². The Morgan fingerprint density at radius 3 is 2.60 bits per heavy atom. The molecule has 1 aromatic carbocycles. The van der Waals surface area contributed by atoms with Crippen LogP contribution < -0.4 is 10.1 Å². The average molecular weight is 293 g/mol. The molecule has 1 N–H and O–H groups in total. The molecule has 2 rings (SSSR count). The molecule has 4 heteroatoms. The summed E-state index contributed by atoms with van der Waals surface area (Å²) >= 11 is 4.32. The molecule has 1 aromatic rings. The van der Waals surface area contributed by atoms with Crippen LogP contribution in [0, 0.1) is 0 Å². The van der Waals surface area contributed by atoms with E-state index in [4.69, 9.17) is 4.74 Å². The van der Waals surface area contributed by atoms with E-state index in [-0.39, 0.29) is 11.2 Å². The highest BCUT2D eigenvalue weighted by Gasteiger charge is 2.30. The molecule has 0 amide bonds. The smallest absolute Gasteiger partial charge is 0.136 e. The molecule has 0 aromatic heterocycles. The van der Waals surface area contributed by atoms with E-state index in [1.165, 1.54) is 0 Å². The highest BCUT2D eigenvalue weighted by Crippen LogP contribution is 2.26. The van der Waals surface area contributed by atoms with Gasteiger partial charge in [-0.25, -0.2) is 0 Å². The molecule has 1 atom stereocenters. The Balaban J connectivity index is 1.76. The van der Waals surface area contributed by atoms with Gasteiger partial charge in [0.15, 0.2) is 0 Å². The molecule has 1 fully saturated rings. The summed E-state index contributed by atoms with van der Waals surface area (Å²) in [5, 5.41) is 3.61. The number of ether oxygens (including phenoxy) is 1. The summed E-state index contributed by atoms with van der Waals surface area (Å²) in [6.45, 7) is 3.93. The minimum absolute atomic E-state index is 0.233. The van der Waals surface area contributed by atoms with Crippen molar-refractivity contribution >= 4 is 18.4 Å². The molecule has 20 heavy (non-hydrogen) atoms. The van der Waals surface area contributed by atoms with Crippen molar-refractivity contribution in [3.8, 4) is 5.75 Å². The molecule has 0 spiro atoms. The summed E-state index contributed by atoms with van der Waals surface area (Å²) in [4.78, 5) is 11.4. The maximum atomic E-state index is 11.4. The number of carbonyl (C=O) groups excluding carboxylic acids is 1. The quantitative estimate of drug-likeness (QED) is 0.599. The van der Waals surface area contributed by atoms with Gasteiger partial charge in [-0.05, 0) is 37.5 Å². The second-order valence-corrected chi connectivity index (χ2v) is 6.24. The molecule has 0 saturated heterocycles. The Bertz CT molecular complexity index is 438. The van der Waals surface area contributed by atoms with Crippen molar-refractivity contribution in [1.82, 2.24) is 5.32 Å². The Kier molecular flexibility index (Phi) is 5.49. The Morgan fingerprint density at radius 1 is 1.40 bits per heavy atom. The lowest BCUT2D eigenvalue weighted by Crippen LogP contribution is -2.48. The normalized spacial score (nSPS) is 22.9. The molecule has 1 saturated carbocycles. The van der Waals surface area contributed by atoms with Crippen LogP contribution in [-0.4, -0.2) is 23.3 Å². The van der Waals surface area contributed by atoms with Gasteiger partial charge in [-0.3, -0.25) is 4.79 Å². The first-order valence-electron chi connectivity index (χ1n) is 7.28. The van der Waals surface area contributed by atoms with Crippen molar-refractivity contribution in [2.75, 3.05) is 0 Å². The van der Waals surface area contributed by atoms with Crippen LogP contribution in [0.1, 0.15) is 38.7 Å². The maximum Gasteiger partial charge on any atom is 0.136 e. The molecule has 0 radical (unpaired) electrons. The number of hydrogen-bond donors (Lipinski definition) is 2. The number of rotatable bonds is 7. The lowest BCUT2D eigenvalue weighted by molar-refractivity contribution is -0.118. The lowest BCUT2D eigenvalue weighted by Gasteiger charge is -2.36. The minimum Gasteiger partial charge on any atom is -0.490 e. The topological polar surface area (TPSA) is 38.3 Å². The van der Waals surface area contributed by atoms with E-state index < -0.39 is 0 Å². The zero-order valence-electron chi connectivity index (χ0n) is 12.1. The fraction of sp³-hybridized carbons (Fsp3) is 0.562.